The molecule has 0 aromatic carbocycles. The van der Waals surface area contributed by atoms with E-state index in [0.29, 0.717) is 0 Å². The van der Waals surface area contributed by atoms with E-state index in [9.17, 15) is 0 Å². The van der Waals surface area contributed by atoms with Crippen LogP contribution < -0.4 is 5.32 Å². The van der Waals surface area contributed by atoms with E-state index in [4.69, 9.17) is 0 Å². The van der Waals surface area contributed by atoms with Crippen molar-refractivity contribution in [1.82, 2.24) is 9.97 Å². The van der Waals surface area contributed by atoms with Gasteiger partial charge in [-0.25, -0.2) is 9.97 Å². The predicted molar refractivity (Wildman–Crippen MR) is 73.6 cm³/mol. The highest BCUT2D eigenvalue weighted by atomic mass is 32.1. The molecule has 90 valence electrons. The molecule has 0 spiro atoms. The smallest absolute Gasteiger partial charge is 0.171 e. The van der Waals surface area contributed by atoms with Crippen molar-refractivity contribution >= 4 is 17.2 Å². The maximum absolute atomic E-state index is 4.53. The van der Waals surface area contributed by atoms with Crippen molar-refractivity contribution in [2.24, 2.45) is 0 Å². The number of anilines is 1. The van der Waals surface area contributed by atoms with Gasteiger partial charge < -0.3 is 5.32 Å². The van der Waals surface area contributed by atoms with Gasteiger partial charge in [-0.2, -0.15) is 0 Å². The fraction of sp³-hybridized carbons (Fsp3) is 0.385. The Balaban J connectivity index is 2.37. The number of aryl methyl sites for hydroxylation is 2. The average molecular weight is 247 g/mol. The number of aromatic nitrogens is 2. The summed E-state index contributed by atoms with van der Waals surface area (Å²) in [6.07, 6.45) is 1.07. The van der Waals surface area contributed by atoms with Gasteiger partial charge >= 0.3 is 0 Å². The number of hydrogen-bond donors (Lipinski definition) is 1. The second-order valence-corrected chi connectivity index (χ2v) is 5.04. The topological polar surface area (TPSA) is 37.8 Å². The molecule has 0 unspecified atom stereocenters. The monoisotopic (exact) mass is 247 g/mol. The summed E-state index contributed by atoms with van der Waals surface area (Å²) in [5, 5.41) is 3.23. The predicted octanol–water partition coefficient (Wildman–Crippen LogP) is 3.51. The van der Waals surface area contributed by atoms with E-state index >= 15 is 0 Å². The molecule has 0 aliphatic carbocycles. The SMILES string of the molecule is CCNc1cc(C)nc(-c2ccc(CC)s2)n1. The third kappa shape index (κ3) is 2.82. The molecule has 0 saturated carbocycles. The summed E-state index contributed by atoms with van der Waals surface area (Å²) >= 11 is 1.77. The first kappa shape index (κ1) is 12.0. The van der Waals surface area contributed by atoms with Gasteiger partial charge in [0.1, 0.15) is 5.82 Å². The van der Waals surface area contributed by atoms with Crippen molar-refractivity contribution in [3.63, 3.8) is 0 Å². The molecule has 2 aromatic heterocycles. The molecule has 0 bridgehead atoms. The summed E-state index contributed by atoms with van der Waals surface area (Å²) in [5.74, 6) is 1.73. The van der Waals surface area contributed by atoms with E-state index in [-0.39, 0.29) is 0 Å². The highest BCUT2D eigenvalue weighted by Crippen LogP contribution is 2.26. The largest absolute Gasteiger partial charge is 0.370 e. The van der Waals surface area contributed by atoms with Gasteiger partial charge in [-0.1, -0.05) is 6.92 Å². The van der Waals surface area contributed by atoms with Gasteiger partial charge in [0.25, 0.3) is 0 Å². The summed E-state index contributed by atoms with van der Waals surface area (Å²) in [6.45, 7) is 7.11. The van der Waals surface area contributed by atoms with E-state index in [1.165, 1.54) is 4.88 Å². The van der Waals surface area contributed by atoms with Crippen LogP contribution in [0, 0.1) is 6.92 Å². The van der Waals surface area contributed by atoms with Crippen LogP contribution in [0.1, 0.15) is 24.4 Å². The first-order valence-corrected chi connectivity index (χ1v) is 6.73. The van der Waals surface area contributed by atoms with E-state index in [1.54, 1.807) is 11.3 Å². The minimum Gasteiger partial charge on any atom is -0.370 e. The van der Waals surface area contributed by atoms with Crippen LogP contribution in [-0.2, 0) is 6.42 Å². The maximum atomic E-state index is 4.53. The molecule has 0 fully saturated rings. The molecule has 0 saturated heterocycles. The first-order valence-electron chi connectivity index (χ1n) is 5.91. The molecule has 1 N–H and O–H groups in total. The molecule has 17 heavy (non-hydrogen) atoms. The third-order valence-corrected chi connectivity index (χ3v) is 3.67. The lowest BCUT2D eigenvalue weighted by atomic mass is 10.3. The summed E-state index contributed by atoms with van der Waals surface area (Å²) in [7, 11) is 0. The van der Waals surface area contributed by atoms with Crippen LogP contribution in [0.3, 0.4) is 0 Å². The van der Waals surface area contributed by atoms with Crippen LogP contribution >= 0.6 is 11.3 Å². The third-order valence-electron chi connectivity index (χ3n) is 2.44. The maximum Gasteiger partial charge on any atom is 0.171 e. The summed E-state index contributed by atoms with van der Waals surface area (Å²) in [6, 6.07) is 6.23. The zero-order valence-corrected chi connectivity index (χ0v) is 11.3. The molecular weight excluding hydrogens is 230 g/mol. The molecule has 2 heterocycles. The molecule has 2 rings (SSSR count). The minimum atomic E-state index is 0.825. The molecule has 0 radical (unpaired) electrons. The number of thiophene rings is 1. The normalized spacial score (nSPS) is 10.5. The lowest BCUT2D eigenvalue weighted by Crippen LogP contribution is -2.02. The Kier molecular flexibility index (Phi) is 3.74. The van der Waals surface area contributed by atoms with Crippen LogP contribution in [0.25, 0.3) is 10.7 Å². The number of rotatable bonds is 4. The number of nitrogens with zero attached hydrogens (tertiary/aromatic N) is 2. The number of nitrogens with one attached hydrogen (secondary N) is 1. The Morgan fingerprint density at radius 3 is 2.71 bits per heavy atom. The Bertz CT molecular complexity index is 505. The highest BCUT2D eigenvalue weighted by Gasteiger charge is 2.07. The zero-order valence-electron chi connectivity index (χ0n) is 10.4. The van der Waals surface area contributed by atoms with Crippen molar-refractivity contribution in [3.05, 3.63) is 28.8 Å². The lowest BCUT2D eigenvalue weighted by molar-refractivity contribution is 1.08. The Morgan fingerprint density at radius 1 is 1.24 bits per heavy atom. The minimum absolute atomic E-state index is 0.825. The molecule has 0 amide bonds. The molecule has 0 atom stereocenters. The van der Waals surface area contributed by atoms with E-state index in [1.807, 2.05) is 13.0 Å². The standard InChI is InChI=1S/C13H17N3S/c1-4-10-6-7-11(17-10)13-15-9(3)8-12(16-13)14-5-2/h6-8H,4-5H2,1-3H3,(H,14,15,16). The first-order chi connectivity index (χ1) is 8.22. The Labute approximate surface area is 106 Å². The fourth-order valence-corrected chi connectivity index (χ4v) is 2.52. The van der Waals surface area contributed by atoms with Crippen molar-refractivity contribution < 1.29 is 0 Å². The lowest BCUT2D eigenvalue weighted by Gasteiger charge is -2.05. The van der Waals surface area contributed by atoms with E-state index in [2.05, 4.69) is 41.3 Å². The molecule has 2 aromatic rings. The number of hydrogen-bond acceptors (Lipinski definition) is 4. The summed E-state index contributed by atoms with van der Waals surface area (Å²) < 4.78 is 0. The van der Waals surface area contributed by atoms with Crippen LogP contribution in [0.15, 0.2) is 18.2 Å². The van der Waals surface area contributed by atoms with Crippen molar-refractivity contribution in [2.75, 3.05) is 11.9 Å². The van der Waals surface area contributed by atoms with Crippen molar-refractivity contribution in [2.45, 2.75) is 27.2 Å². The second-order valence-electron chi connectivity index (χ2n) is 3.87. The average Bonchev–Trinajstić information content (AvgIpc) is 2.77. The van der Waals surface area contributed by atoms with Gasteiger partial charge in [-0.15, -0.1) is 11.3 Å². The Hall–Kier alpha value is -1.42. The fourth-order valence-electron chi connectivity index (χ4n) is 1.64. The van der Waals surface area contributed by atoms with Gasteiger partial charge in [-0.3, -0.25) is 0 Å². The van der Waals surface area contributed by atoms with Crippen LogP contribution in [0.2, 0.25) is 0 Å². The second kappa shape index (κ2) is 5.27. The van der Waals surface area contributed by atoms with Crippen LogP contribution in [0.5, 0.6) is 0 Å². The highest BCUT2D eigenvalue weighted by molar-refractivity contribution is 7.15. The molecule has 0 aliphatic rings. The van der Waals surface area contributed by atoms with Gasteiger partial charge in [0.15, 0.2) is 5.82 Å². The van der Waals surface area contributed by atoms with Gasteiger partial charge in [0, 0.05) is 23.2 Å². The van der Waals surface area contributed by atoms with Crippen molar-refractivity contribution in [3.8, 4) is 10.7 Å². The zero-order chi connectivity index (χ0) is 12.3. The van der Waals surface area contributed by atoms with Crippen molar-refractivity contribution in [1.29, 1.82) is 0 Å². The molecule has 3 nitrogen and oxygen atoms in total. The van der Waals surface area contributed by atoms with Gasteiger partial charge in [0.05, 0.1) is 4.88 Å². The summed E-state index contributed by atoms with van der Waals surface area (Å²) in [5.41, 5.74) is 0.998. The van der Waals surface area contributed by atoms with Crippen LogP contribution in [0.4, 0.5) is 5.82 Å². The summed E-state index contributed by atoms with van der Waals surface area (Å²) in [4.78, 5) is 11.5. The van der Waals surface area contributed by atoms with E-state index in [0.717, 1.165) is 35.2 Å². The van der Waals surface area contributed by atoms with Gasteiger partial charge in [-0.05, 0) is 32.4 Å². The quantitative estimate of drug-likeness (QED) is 0.898. The Morgan fingerprint density at radius 2 is 2.06 bits per heavy atom. The molecule has 0 aliphatic heterocycles. The molecule has 4 heteroatoms. The van der Waals surface area contributed by atoms with E-state index < -0.39 is 0 Å². The molecular formula is C13H17N3S. The van der Waals surface area contributed by atoms with Gasteiger partial charge in [0.2, 0.25) is 0 Å². The van der Waals surface area contributed by atoms with Crippen LogP contribution in [-0.4, -0.2) is 16.5 Å².